The third-order valence-corrected chi connectivity index (χ3v) is 3.10. The summed E-state index contributed by atoms with van der Waals surface area (Å²) in [7, 11) is 0. The van der Waals surface area contributed by atoms with E-state index in [4.69, 9.17) is 0 Å². The van der Waals surface area contributed by atoms with Crippen LogP contribution in [0.3, 0.4) is 0 Å². The summed E-state index contributed by atoms with van der Waals surface area (Å²) in [4.78, 5) is 13.3. The first kappa shape index (κ1) is 11.7. The van der Waals surface area contributed by atoms with Crippen LogP contribution in [0.1, 0.15) is 33.6 Å². The quantitative estimate of drug-likeness (QED) is 0.739. The van der Waals surface area contributed by atoms with Gasteiger partial charge in [-0.15, -0.1) is 0 Å². The van der Waals surface area contributed by atoms with Gasteiger partial charge in [0.05, 0.1) is 6.10 Å². The van der Waals surface area contributed by atoms with Gasteiger partial charge in [0.15, 0.2) is 0 Å². The fourth-order valence-corrected chi connectivity index (χ4v) is 2.11. The molecule has 1 N–H and O–H groups in total. The summed E-state index contributed by atoms with van der Waals surface area (Å²) < 4.78 is 0. The van der Waals surface area contributed by atoms with E-state index >= 15 is 0 Å². The smallest absolute Gasteiger partial charge is 0.131 e. The fourth-order valence-electron chi connectivity index (χ4n) is 2.11. The van der Waals surface area contributed by atoms with Crippen LogP contribution in [0.5, 0.6) is 0 Å². The first-order valence-corrected chi connectivity index (χ1v) is 5.42. The molecule has 1 aliphatic heterocycles. The number of ketones is 1. The summed E-state index contributed by atoms with van der Waals surface area (Å²) in [5.41, 5.74) is 0. The Morgan fingerprint density at radius 1 is 1.64 bits per heavy atom. The van der Waals surface area contributed by atoms with Gasteiger partial charge in [-0.05, 0) is 26.2 Å². The van der Waals surface area contributed by atoms with Crippen LogP contribution in [0.25, 0.3) is 0 Å². The van der Waals surface area contributed by atoms with Gasteiger partial charge < -0.3 is 5.11 Å². The van der Waals surface area contributed by atoms with Gasteiger partial charge in [-0.3, -0.25) is 9.69 Å². The average molecular weight is 199 g/mol. The van der Waals surface area contributed by atoms with E-state index in [1.54, 1.807) is 6.92 Å². The lowest BCUT2D eigenvalue weighted by atomic mass is 9.95. The molecule has 0 aromatic carbocycles. The molecule has 1 rings (SSSR count). The normalized spacial score (nSPS) is 31.4. The molecule has 0 aromatic heterocycles. The predicted octanol–water partition coefficient (Wildman–Crippen LogP) is 1.06. The standard InChI is InChI=1S/C11H21NO2/c1-8-7-12(5-4-11(8)14)9(2)6-10(3)13/h8-9,11,14H,4-7H2,1-3H3. The van der Waals surface area contributed by atoms with Crippen LogP contribution in [0.4, 0.5) is 0 Å². The molecule has 0 aliphatic carbocycles. The Morgan fingerprint density at radius 3 is 2.79 bits per heavy atom. The highest BCUT2D eigenvalue weighted by Gasteiger charge is 2.27. The van der Waals surface area contributed by atoms with Crippen molar-refractivity contribution in [2.75, 3.05) is 13.1 Å². The van der Waals surface area contributed by atoms with Crippen molar-refractivity contribution < 1.29 is 9.90 Å². The largest absolute Gasteiger partial charge is 0.393 e. The van der Waals surface area contributed by atoms with Gasteiger partial charge in [-0.1, -0.05) is 6.92 Å². The van der Waals surface area contributed by atoms with Crippen molar-refractivity contribution in [2.45, 2.75) is 45.8 Å². The Labute approximate surface area is 86.1 Å². The lowest BCUT2D eigenvalue weighted by Gasteiger charge is -2.37. The van der Waals surface area contributed by atoms with Crippen LogP contribution in [-0.4, -0.2) is 41.0 Å². The average Bonchev–Trinajstić information content (AvgIpc) is 2.08. The summed E-state index contributed by atoms with van der Waals surface area (Å²) in [5.74, 6) is 0.578. The third-order valence-electron chi connectivity index (χ3n) is 3.10. The zero-order valence-electron chi connectivity index (χ0n) is 9.36. The molecule has 0 amide bonds. The molecular formula is C11H21NO2. The molecule has 3 unspecified atom stereocenters. The highest BCUT2D eigenvalue weighted by Crippen LogP contribution is 2.19. The number of hydrogen-bond acceptors (Lipinski definition) is 3. The first-order chi connectivity index (χ1) is 6.50. The van der Waals surface area contributed by atoms with Crippen LogP contribution < -0.4 is 0 Å². The number of carbonyl (C=O) groups is 1. The predicted molar refractivity (Wildman–Crippen MR) is 56.1 cm³/mol. The summed E-state index contributed by atoms with van der Waals surface area (Å²) in [5, 5.41) is 9.57. The zero-order valence-corrected chi connectivity index (χ0v) is 9.36. The molecule has 3 atom stereocenters. The zero-order chi connectivity index (χ0) is 10.7. The number of aliphatic hydroxyl groups is 1. The van der Waals surface area contributed by atoms with Crippen molar-refractivity contribution in [2.24, 2.45) is 5.92 Å². The Kier molecular flexibility index (Phi) is 4.08. The second-order valence-corrected chi connectivity index (χ2v) is 4.58. The van der Waals surface area contributed by atoms with Gasteiger partial charge in [0.1, 0.15) is 5.78 Å². The molecule has 0 saturated carbocycles. The molecule has 0 aromatic rings. The Balaban J connectivity index is 2.41. The third kappa shape index (κ3) is 3.07. The maximum atomic E-state index is 11.0. The Hall–Kier alpha value is -0.410. The first-order valence-electron chi connectivity index (χ1n) is 5.42. The highest BCUT2D eigenvalue weighted by atomic mass is 16.3. The second kappa shape index (κ2) is 4.89. The SMILES string of the molecule is CC(=O)CC(C)N1CCC(O)C(C)C1. The molecule has 1 aliphatic rings. The van der Waals surface area contributed by atoms with E-state index in [-0.39, 0.29) is 11.9 Å². The van der Waals surface area contributed by atoms with Crippen molar-refractivity contribution >= 4 is 5.78 Å². The van der Waals surface area contributed by atoms with Crippen molar-refractivity contribution in [3.05, 3.63) is 0 Å². The van der Waals surface area contributed by atoms with E-state index < -0.39 is 0 Å². The lowest BCUT2D eigenvalue weighted by molar-refractivity contribution is -0.118. The molecular weight excluding hydrogens is 178 g/mol. The van der Waals surface area contributed by atoms with Crippen LogP contribution >= 0.6 is 0 Å². The monoisotopic (exact) mass is 199 g/mol. The fraction of sp³-hybridized carbons (Fsp3) is 0.909. The van der Waals surface area contributed by atoms with Gasteiger partial charge in [-0.2, -0.15) is 0 Å². The van der Waals surface area contributed by atoms with E-state index in [0.717, 1.165) is 19.5 Å². The van der Waals surface area contributed by atoms with E-state index in [2.05, 4.69) is 18.7 Å². The lowest BCUT2D eigenvalue weighted by Crippen LogP contribution is -2.46. The summed E-state index contributed by atoms with van der Waals surface area (Å²) in [6.45, 7) is 7.62. The van der Waals surface area contributed by atoms with E-state index in [9.17, 15) is 9.90 Å². The number of hydrogen-bond donors (Lipinski definition) is 1. The Morgan fingerprint density at radius 2 is 2.29 bits per heavy atom. The molecule has 1 saturated heterocycles. The number of piperidine rings is 1. The molecule has 0 radical (unpaired) electrons. The van der Waals surface area contributed by atoms with Crippen LogP contribution in [-0.2, 0) is 4.79 Å². The van der Waals surface area contributed by atoms with Crippen molar-refractivity contribution in [1.82, 2.24) is 4.90 Å². The second-order valence-electron chi connectivity index (χ2n) is 4.58. The van der Waals surface area contributed by atoms with Crippen LogP contribution in [0, 0.1) is 5.92 Å². The minimum absolute atomic E-state index is 0.157. The highest BCUT2D eigenvalue weighted by molar-refractivity contribution is 5.76. The van der Waals surface area contributed by atoms with Crippen LogP contribution in [0.15, 0.2) is 0 Å². The van der Waals surface area contributed by atoms with Gasteiger partial charge >= 0.3 is 0 Å². The molecule has 82 valence electrons. The summed E-state index contributed by atoms with van der Waals surface area (Å²) in [6, 6.07) is 0.322. The van der Waals surface area contributed by atoms with E-state index in [0.29, 0.717) is 18.4 Å². The van der Waals surface area contributed by atoms with Crippen molar-refractivity contribution in [3.63, 3.8) is 0 Å². The maximum absolute atomic E-state index is 11.0. The number of aliphatic hydroxyl groups excluding tert-OH is 1. The molecule has 0 spiro atoms. The van der Waals surface area contributed by atoms with Gasteiger partial charge in [-0.25, -0.2) is 0 Å². The summed E-state index contributed by atoms with van der Waals surface area (Å²) in [6.07, 6.45) is 1.31. The summed E-state index contributed by atoms with van der Waals surface area (Å²) >= 11 is 0. The number of likely N-dealkylation sites (tertiary alicyclic amines) is 1. The number of rotatable bonds is 3. The van der Waals surface area contributed by atoms with E-state index in [1.807, 2.05) is 0 Å². The molecule has 0 bridgehead atoms. The molecule has 3 heteroatoms. The van der Waals surface area contributed by atoms with Gasteiger partial charge in [0, 0.05) is 25.6 Å². The van der Waals surface area contributed by atoms with Gasteiger partial charge in [0.2, 0.25) is 0 Å². The number of Topliss-reactive ketones (excluding diaryl/α,β-unsaturated/α-hetero) is 1. The van der Waals surface area contributed by atoms with Crippen LogP contribution in [0.2, 0.25) is 0 Å². The number of carbonyl (C=O) groups excluding carboxylic acids is 1. The maximum Gasteiger partial charge on any atom is 0.131 e. The minimum Gasteiger partial charge on any atom is -0.393 e. The topological polar surface area (TPSA) is 40.5 Å². The van der Waals surface area contributed by atoms with E-state index in [1.165, 1.54) is 0 Å². The molecule has 3 nitrogen and oxygen atoms in total. The van der Waals surface area contributed by atoms with Crippen molar-refractivity contribution in [1.29, 1.82) is 0 Å². The number of nitrogens with zero attached hydrogens (tertiary/aromatic N) is 1. The molecule has 14 heavy (non-hydrogen) atoms. The molecule has 1 fully saturated rings. The Bertz CT molecular complexity index is 205. The minimum atomic E-state index is -0.157. The van der Waals surface area contributed by atoms with Crippen molar-refractivity contribution in [3.8, 4) is 0 Å². The van der Waals surface area contributed by atoms with Gasteiger partial charge in [0.25, 0.3) is 0 Å². The molecule has 1 heterocycles.